The molecule has 0 aromatic heterocycles. The minimum atomic E-state index is 0.287. The third-order valence-electron chi connectivity index (χ3n) is 7.00. The fraction of sp³-hybridized carbons (Fsp3) is 0.429. The van der Waals surface area contributed by atoms with Crippen LogP contribution in [0.2, 0.25) is 0 Å². The van der Waals surface area contributed by atoms with Gasteiger partial charge in [-0.2, -0.15) is 0 Å². The first-order chi connectivity index (χ1) is 19.5. The van der Waals surface area contributed by atoms with Crippen LogP contribution in [0.15, 0.2) is 78.9 Å². The summed E-state index contributed by atoms with van der Waals surface area (Å²) < 4.78 is 0. The molecule has 0 spiro atoms. The molecule has 0 bridgehead atoms. The molecule has 5 nitrogen and oxygen atoms in total. The van der Waals surface area contributed by atoms with Crippen LogP contribution in [-0.4, -0.2) is 56.9 Å². The molecule has 2 aliphatic rings. The monoisotopic (exact) mass is 543 g/mol. The third kappa shape index (κ3) is 13.2. The van der Waals surface area contributed by atoms with E-state index in [4.69, 9.17) is 4.79 Å². The number of hydrogen-bond donors (Lipinski definition) is 2. The van der Waals surface area contributed by atoms with Gasteiger partial charge in [-0.25, -0.2) is 0 Å². The standard InChI is InChI=1S/C14H20N2O.C12H17N.C7H8.C2H4O/c1-12-4-2-3-5-13(12)6-7-14(17)16-10-8-15-9-11-16;1-13-9-8-10-4-2-3-5-12(10)11-6-7-11;1-7-5-3-2-4-6-7;1-2-3/h2-5,15H,6-11H2,1H3;2-5,11,13H,6-9H2,1H3;2-6H,1H3;2H,1H3. The molecule has 40 heavy (non-hydrogen) atoms. The summed E-state index contributed by atoms with van der Waals surface area (Å²) in [7, 11) is 2.01. The zero-order valence-electron chi connectivity index (χ0n) is 25.0. The summed E-state index contributed by atoms with van der Waals surface area (Å²) in [6.07, 6.45) is 6.20. The van der Waals surface area contributed by atoms with Crippen LogP contribution in [0.5, 0.6) is 0 Å². The second-order valence-electron chi connectivity index (χ2n) is 10.3. The molecular formula is C35H49N3O2. The van der Waals surface area contributed by atoms with E-state index in [0.717, 1.165) is 51.3 Å². The van der Waals surface area contributed by atoms with Crippen LogP contribution in [-0.2, 0) is 22.4 Å². The number of nitrogens with zero attached hydrogens (tertiary/aromatic N) is 1. The van der Waals surface area contributed by atoms with Gasteiger partial charge in [0.1, 0.15) is 6.29 Å². The smallest absolute Gasteiger partial charge is 0.222 e. The second-order valence-corrected chi connectivity index (χ2v) is 10.3. The molecule has 1 heterocycles. The Balaban J connectivity index is 0.000000214. The van der Waals surface area contributed by atoms with E-state index in [1.165, 1.54) is 42.9 Å². The van der Waals surface area contributed by atoms with Crippen molar-refractivity contribution < 1.29 is 9.59 Å². The zero-order valence-corrected chi connectivity index (χ0v) is 25.0. The topological polar surface area (TPSA) is 61.4 Å². The number of aldehydes is 1. The van der Waals surface area contributed by atoms with Gasteiger partial charge < -0.3 is 20.3 Å². The van der Waals surface area contributed by atoms with Gasteiger partial charge in [0.15, 0.2) is 0 Å². The number of hydrogen-bond acceptors (Lipinski definition) is 4. The first-order valence-electron chi connectivity index (χ1n) is 14.7. The van der Waals surface area contributed by atoms with Crippen molar-refractivity contribution in [2.24, 2.45) is 0 Å². The fourth-order valence-electron chi connectivity index (χ4n) is 4.55. The summed E-state index contributed by atoms with van der Waals surface area (Å²) in [5, 5.41) is 6.46. The Morgan fingerprint density at radius 2 is 1.45 bits per heavy atom. The summed E-state index contributed by atoms with van der Waals surface area (Å²) >= 11 is 0. The SMILES string of the molecule is CC=O.CNCCc1ccccc1C1CC1.Cc1ccccc1.Cc1ccccc1CCC(=O)N1CCNCC1. The number of piperazine rings is 1. The van der Waals surface area contributed by atoms with Crippen molar-refractivity contribution in [3.8, 4) is 0 Å². The van der Waals surface area contributed by atoms with E-state index in [1.54, 1.807) is 11.1 Å². The molecule has 1 aliphatic carbocycles. The van der Waals surface area contributed by atoms with E-state index < -0.39 is 0 Å². The molecule has 5 rings (SSSR count). The minimum absolute atomic E-state index is 0.287. The zero-order chi connectivity index (χ0) is 29.0. The molecule has 3 aromatic carbocycles. The molecule has 1 saturated carbocycles. The maximum Gasteiger partial charge on any atom is 0.222 e. The molecule has 216 valence electrons. The highest BCUT2D eigenvalue weighted by atomic mass is 16.2. The van der Waals surface area contributed by atoms with Gasteiger partial charge >= 0.3 is 0 Å². The molecule has 2 fully saturated rings. The van der Waals surface area contributed by atoms with Crippen molar-refractivity contribution in [3.05, 3.63) is 107 Å². The number of nitrogens with one attached hydrogen (secondary N) is 2. The lowest BCUT2D eigenvalue weighted by Gasteiger charge is -2.27. The molecule has 1 aliphatic heterocycles. The fourth-order valence-corrected chi connectivity index (χ4v) is 4.55. The molecule has 0 atom stereocenters. The lowest BCUT2D eigenvalue weighted by atomic mass is 10.0. The van der Waals surface area contributed by atoms with Gasteiger partial charge in [-0.3, -0.25) is 4.79 Å². The van der Waals surface area contributed by atoms with E-state index in [2.05, 4.69) is 73.0 Å². The normalized spacial score (nSPS) is 13.8. The highest BCUT2D eigenvalue weighted by Crippen LogP contribution is 2.41. The van der Waals surface area contributed by atoms with E-state index in [0.29, 0.717) is 6.42 Å². The summed E-state index contributed by atoms with van der Waals surface area (Å²) in [6, 6.07) is 27.4. The van der Waals surface area contributed by atoms with Crippen molar-refractivity contribution in [1.82, 2.24) is 15.5 Å². The maximum atomic E-state index is 12.0. The molecule has 2 N–H and O–H groups in total. The van der Waals surface area contributed by atoms with Gasteiger partial charge in [0, 0.05) is 32.6 Å². The van der Waals surface area contributed by atoms with Gasteiger partial charge in [-0.1, -0.05) is 84.4 Å². The van der Waals surface area contributed by atoms with Crippen molar-refractivity contribution in [2.75, 3.05) is 39.8 Å². The number of amides is 1. The van der Waals surface area contributed by atoms with Crippen molar-refractivity contribution in [1.29, 1.82) is 0 Å². The average molecular weight is 544 g/mol. The predicted octanol–water partition coefficient (Wildman–Crippen LogP) is 5.89. The Morgan fingerprint density at radius 3 is 2.00 bits per heavy atom. The highest BCUT2D eigenvalue weighted by Gasteiger charge is 2.25. The summed E-state index contributed by atoms with van der Waals surface area (Å²) in [6.45, 7) is 10.3. The molecule has 1 saturated heterocycles. The molecule has 0 unspecified atom stereocenters. The largest absolute Gasteiger partial charge is 0.340 e. The van der Waals surface area contributed by atoms with E-state index >= 15 is 0 Å². The summed E-state index contributed by atoms with van der Waals surface area (Å²) in [5.74, 6) is 1.17. The third-order valence-corrected chi connectivity index (χ3v) is 7.00. The van der Waals surface area contributed by atoms with Crippen molar-refractivity contribution in [2.45, 2.75) is 58.8 Å². The Bertz CT molecular complexity index is 1110. The first-order valence-corrected chi connectivity index (χ1v) is 14.7. The van der Waals surface area contributed by atoms with Crippen LogP contribution in [0.4, 0.5) is 0 Å². The Morgan fingerprint density at radius 1 is 0.875 bits per heavy atom. The first kappa shape index (κ1) is 32.9. The van der Waals surface area contributed by atoms with Crippen LogP contribution in [0, 0.1) is 13.8 Å². The lowest BCUT2D eigenvalue weighted by molar-refractivity contribution is -0.131. The van der Waals surface area contributed by atoms with Crippen LogP contribution >= 0.6 is 0 Å². The van der Waals surface area contributed by atoms with Gasteiger partial charge in [-0.15, -0.1) is 0 Å². The molecule has 5 heteroatoms. The Kier molecular flexibility index (Phi) is 16.2. The highest BCUT2D eigenvalue weighted by molar-refractivity contribution is 5.76. The molecule has 0 radical (unpaired) electrons. The number of rotatable bonds is 7. The van der Waals surface area contributed by atoms with Crippen LogP contribution < -0.4 is 10.6 Å². The van der Waals surface area contributed by atoms with Crippen LogP contribution in [0.1, 0.15) is 59.9 Å². The van der Waals surface area contributed by atoms with Gasteiger partial charge in [0.2, 0.25) is 5.91 Å². The number of aryl methyl sites for hydroxylation is 3. The van der Waals surface area contributed by atoms with E-state index in [9.17, 15) is 4.79 Å². The van der Waals surface area contributed by atoms with Gasteiger partial charge in [0.05, 0.1) is 0 Å². The Hall–Kier alpha value is -3.28. The summed E-state index contributed by atoms with van der Waals surface area (Å²) in [4.78, 5) is 22.8. The number of carbonyl (C=O) groups excluding carboxylic acids is 2. The molecular weight excluding hydrogens is 494 g/mol. The quantitative estimate of drug-likeness (QED) is 0.365. The number of likely N-dealkylation sites (N-methyl/N-ethyl adjacent to an activating group) is 1. The van der Waals surface area contributed by atoms with Gasteiger partial charge in [0.25, 0.3) is 0 Å². The maximum absolute atomic E-state index is 12.0. The molecule has 1 amide bonds. The predicted molar refractivity (Wildman–Crippen MR) is 168 cm³/mol. The van der Waals surface area contributed by atoms with Crippen LogP contribution in [0.3, 0.4) is 0 Å². The van der Waals surface area contributed by atoms with Gasteiger partial charge in [-0.05, 0) is 88.2 Å². The lowest BCUT2D eigenvalue weighted by Crippen LogP contribution is -2.46. The Labute approximate surface area is 242 Å². The average Bonchev–Trinajstić information content (AvgIpc) is 3.83. The second kappa shape index (κ2) is 19.7. The van der Waals surface area contributed by atoms with Crippen molar-refractivity contribution in [3.63, 3.8) is 0 Å². The van der Waals surface area contributed by atoms with E-state index in [1.807, 2.05) is 42.3 Å². The minimum Gasteiger partial charge on any atom is -0.340 e. The summed E-state index contributed by atoms with van der Waals surface area (Å²) in [5.41, 5.74) is 7.02. The number of carbonyl (C=O) groups is 2. The van der Waals surface area contributed by atoms with Crippen LogP contribution in [0.25, 0.3) is 0 Å². The van der Waals surface area contributed by atoms with Crippen molar-refractivity contribution >= 4 is 12.2 Å². The number of benzene rings is 3. The van der Waals surface area contributed by atoms with E-state index in [-0.39, 0.29) is 5.91 Å². The molecule has 3 aromatic rings.